The minimum absolute atomic E-state index is 0. The van der Waals surface area contributed by atoms with Crippen molar-refractivity contribution in [3.05, 3.63) is 0 Å². The topological polar surface area (TPSA) is 72.7 Å². The summed E-state index contributed by atoms with van der Waals surface area (Å²) >= 11 is 0. The number of hydrogen-bond acceptors (Lipinski definition) is 4. The minimum atomic E-state index is -1.00. The van der Waals surface area contributed by atoms with Crippen LogP contribution in [0, 0.1) is 0 Å². The molecule has 1 aliphatic rings. The van der Waals surface area contributed by atoms with Crippen molar-refractivity contribution in [1.29, 1.82) is 0 Å². The van der Waals surface area contributed by atoms with E-state index in [1.54, 1.807) is 6.92 Å². The molecule has 1 aliphatic heterocycles. The molecule has 0 aromatic rings. The van der Waals surface area contributed by atoms with E-state index in [9.17, 15) is 0 Å². The van der Waals surface area contributed by atoms with Crippen LogP contribution in [0.3, 0.4) is 0 Å². The SMILES string of the molecule is C[C@H]1NC[C@H](O)[C@@H](O)[C@@H]1O.Cl. The van der Waals surface area contributed by atoms with Gasteiger partial charge < -0.3 is 20.6 Å². The lowest BCUT2D eigenvalue weighted by Crippen LogP contribution is -2.58. The normalized spacial score (nSPS) is 44.7. The Hall–Kier alpha value is 0.130. The van der Waals surface area contributed by atoms with Crippen LogP contribution >= 0.6 is 12.4 Å². The smallest absolute Gasteiger partial charge is 0.108 e. The first-order chi connectivity index (χ1) is 4.63. The van der Waals surface area contributed by atoms with Crippen molar-refractivity contribution in [2.45, 2.75) is 31.3 Å². The Morgan fingerprint density at radius 3 is 2.18 bits per heavy atom. The number of β-amino-alcohol motifs (C(OH)–C–C–N with tert-alkyl or cyclic N) is 1. The second kappa shape index (κ2) is 4.23. The lowest BCUT2D eigenvalue weighted by atomic mass is 9.98. The van der Waals surface area contributed by atoms with E-state index in [0.717, 1.165) is 0 Å². The van der Waals surface area contributed by atoms with E-state index in [1.165, 1.54) is 0 Å². The maximum absolute atomic E-state index is 9.14. The average molecular weight is 184 g/mol. The third kappa shape index (κ3) is 2.28. The molecule has 1 saturated heterocycles. The van der Waals surface area contributed by atoms with E-state index < -0.39 is 18.3 Å². The first kappa shape index (κ1) is 11.1. The van der Waals surface area contributed by atoms with Gasteiger partial charge in [0, 0.05) is 12.6 Å². The van der Waals surface area contributed by atoms with Gasteiger partial charge in [0.25, 0.3) is 0 Å². The van der Waals surface area contributed by atoms with Gasteiger partial charge in [-0.15, -0.1) is 12.4 Å². The highest BCUT2D eigenvalue weighted by Crippen LogP contribution is 2.09. The largest absolute Gasteiger partial charge is 0.389 e. The number of halogens is 1. The fourth-order valence-corrected chi connectivity index (χ4v) is 1.07. The zero-order valence-electron chi connectivity index (χ0n) is 6.27. The summed E-state index contributed by atoms with van der Waals surface area (Å²) < 4.78 is 0. The van der Waals surface area contributed by atoms with Crippen LogP contribution in [0.2, 0.25) is 0 Å². The minimum Gasteiger partial charge on any atom is -0.389 e. The van der Waals surface area contributed by atoms with E-state index in [0.29, 0.717) is 6.54 Å². The summed E-state index contributed by atoms with van der Waals surface area (Å²) in [5.74, 6) is 0. The van der Waals surface area contributed by atoms with Crippen molar-refractivity contribution in [1.82, 2.24) is 5.32 Å². The molecule has 0 saturated carbocycles. The molecule has 0 aromatic heterocycles. The van der Waals surface area contributed by atoms with Crippen LogP contribution in [0.25, 0.3) is 0 Å². The zero-order chi connectivity index (χ0) is 7.72. The molecule has 68 valence electrons. The molecule has 1 heterocycles. The Kier molecular flexibility index (Phi) is 4.28. The van der Waals surface area contributed by atoms with Crippen molar-refractivity contribution in [3.63, 3.8) is 0 Å². The number of piperidine rings is 1. The number of rotatable bonds is 0. The predicted octanol–water partition coefficient (Wildman–Crippen LogP) is -1.52. The van der Waals surface area contributed by atoms with Gasteiger partial charge in [0.1, 0.15) is 6.10 Å². The second-order valence-electron chi connectivity index (χ2n) is 2.75. The van der Waals surface area contributed by atoms with Gasteiger partial charge in [-0.1, -0.05) is 0 Å². The fourth-order valence-electron chi connectivity index (χ4n) is 1.07. The number of hydrogen-bond donors (Lipinski definition) is 4. The molecule has 4 atom stereocenters. The molecule has 4 N–H and O–H groups in total. The Morgan fingerprint density at radius 2 is 1.73 bits per heavy atom. The van der Waals surface area contributed by atoms with E-state index in [1.807, 2.05) is 0 Å². The fraction of sp³-hybridized carbons (Fsp3) is 1.00. The van der Waals surface area contributed by atoms with E-state index in [-0.39, 0.29) is 18.4 Å². The van der Waals surface area contributed by atoms with Crippen molar-refractivity contribution in [3.8, 4) is 0 Å². The first-order valence-electron chi connectivity index (χ1n) is 3.40. The lowest BCUT2D eigenvalue weighted by Gasteiger charge is -2.33. The predicted molar refractivity (Wildman–Crippen MR) is 42.7 cm³/mol. The van der Waals surface area contributed by atoms with Crippen LogP contribution in [0.5, 0.6) is 0 Å². The van der Waals surface area contributed by atoms with Crippen LogP contribution in [0.1, 0.15) is 6.92 Å². The maximum Gasteiger partial charge on any atom is 0.108 e. The summed E-state index contributed by atoms with van der Waals surface area (Å²) in [7, 11) is 0. The zero-order valence-corrected chi connectivity index (χ0v) is 7.08. The first-order valence-corrected chi connectivity index (χ1v) is 3.40. The van der Waals surface area contributed by atoms with Gasteiger partial charge in [-0.25, -0.2) is 0 Å². The van der Waals surface area contributed by atoms with Gasteiger partial charge in [0.15, 0.2) is 0 Å². The number of aliphatic hydroxyl groups is 3. The van der Waals surface area contributed by atoms with E-state index in [4.69, 9.17) is 15.3 Å². The highest BCUT2D eigenvalue weighted by atomic mass is 35.5. The summed E-state index contributed by atoms with van der Waals surface area (Å²) in [6, 6.07) is -0.140. The average Bonchev–Trinajstić information content (AvgIpc) is 1.93. The molecule has 0 aliphatic carbocycles. The summed E-state index contributed by atoms with van der Waals surface area (Å²) in [5.41, 5.74) is 0. The van der Waals surface area contributed by atoms with Crippen LogP contribution in [0.15, 0.2) is 0 Å². The molecule has 0 unspecified atom stereocenters. The molecule has 5 heteroatoms. The van der Waals surface area contributed by atoms with Crippen molar-refractivity contribution in [2.24, 2.45) is 0 Å². The van der Waals surface area contributed by atoms with Crippen molar-refractivity contribution in [2.75, 3.05) is 6.54 Å². The molecule has 1 rings (SSSR count). The summed E-state index contributed by atoms with van der Waals surface area (Å²) in [6.07, 6.45) is -2.70. The molecule has 0 radical (unpaired) electrons. The highest BCUT2D eigenvalue weighted by molar-refractivity contribution is 5.85. The van der Waals surface area contributed by atoms with E-state index in [2.05, 4.69) is 5.32 Å². The van der Waals surface area contributed by atoms with Crippen LogP contribution in [-0.2, 0) is 0 Å². The van der Waals surface area contributed by atoms with Gasteiger partial charge >= 0.3 is 0 Å². The molecule has 4 nitrogen and oxygen atoms in total. The highest BCUT2D eigenvalue weighted by Gasteiger charge is 2.33. The van der Waals surface area contributed by atoms with Crippen molar-refractivity contribution < 1.29 is 15.3 Å². The number of nitrogens with one attached hydrogen (secondary N) is 1. The van der Waals surface area contributed by atoms with Crippen LogP contribution < -0.4 is 5.32 Å². The molecule has 11 heavy (non-hydrogen) atoms. The van der Waals surface area contributed by atoms with Gasteiger partial charge in [-0.3, -0.25) is 0 Å². The Balaban J connectivity index is 0.000001000. The Bertz CT molecular complexity index is 110. The molecule has 0 bridgehead atoms. The Labute approximate surface area is 71.6 Å². The third-order valence-corrected chi connectivity index (χ3v) is 1.91. The third-order valence-electron chi connectivity index (χ3n) is 1.91. The Morgan fingerprint density at radius 1 is 1.18 bits per heavy atom. The molecule has 0 spiro atoms. The van der Waals surface area contributed by atoms with Crippen LogP contribution in [0.4, 0.5) is 0 Å². The molecule has 0 aromatic carbocycles. The monoisotopic (exact) mass is 183 g/mol. The molecular weight excluding hydrogens is 170 g/mol. The quantitative estimate of drug-likeness (QED) is 0.368. The van der Waals surface area contributed by atoms with Gasteiger partial charge in [0.2, 0.25) is 0 Å². The van der Waals surface area contributed by atoms with Crippen LogP contribution in [-0.4, -0.2) is 46.2 Å². The van der Waals surface area contributed by atoms with Gasteiger partial charge in [-0.2, -0.15) is 0 Å². The summed E-state index contributed by atoms with van der Waals surface area (Å²) in [6.45, 7) is 2.11. The molecular formula is C6H14ClNO3. The maximum atomic E-state index is 9.14. The van der Waals surface area contributed by atoms with E-state index >= 15 is 0 Å². The lowest BCUT2D eigenvalue weighted by molar-refractivity contribution is -0.0910. The summed E-state index contributed by atoms with van der Waals surface area (Å²) in [4.78, 5) is 0. The molecule has 1 fully saturated rings. The number of aliphatic hydroxyl groups excluding tert-OH is 3. The van der Waals surface area contributed by atoms with Crippen molar-refractivity contribution >= 4 is 12.4 Å². The second-order valence-corrected chi connectivity index (χ2v) is 2.75. The van der Waals surface area contributed by atoms with Gasteiger partial charge in [0.05, 0.1) is 12.2 Å². The van der Waals surface area contributed by atoms with Gasteiger partial charge in [-0.05, 0) is 6.92 Å². The molecule has 0 amide bonds. The standard InChI is InChI=1S/C6H13NO3.ClH/c1-3-5(9)6(10)4(8)2-7-3;/h3-10H,2H2,1H3;1H/t3-,4+,5-,6-;/m1./s1. The summed E-state index contributed by atoms with van der Waals surface area (Å²) in [5, 5.41) is 30.1.